The molecule has 1 aromatic carbocycles. The summed E-state index contributed by atoms with van der Waals surface area (Å²) in [4.78, 5) is 0. The van der Waals surface area contributed by atoms with E-state index in [0.717, 1.165) is 35.8 Å². The van der Waals surface area contributed by atoms with E-state index in [2.05, 4.69) is 25.2 Å². The Morgan fingerprint density at radius 3 is 1.68 bits per heavy atom. The SMILES string of the molecule is CO[Si](C)(C)CCCCCCCCOc1ccc(O)cc1[P+](C1CCCCC1)(C1CCCCC1)C1CCCCC1. The number of ether oxygens (including phenoxy) is 1. The second-order valence-electron chi connectivity index (χ2n) is 14.0. The molecular formula is C35H62O3PSi+. The summed E-state index contributed by atoms with van der Waals surface area (Å²) in [5, 5.41) is 12.4. The van der Waals surface area contributed by atoms with Crippen LogP contribution in [0.25, 0.3) is 0 Å². The number of hydrogen-bond acceptors (Lipinski definition) is 3. The molecule has 0 saturated heterocycles. The maximum Gasteiger partial charge on any atom is 0.186 e. The summed E-state index contributed by atoms with van der Waals surface area (Å²) in [6, 6.07) is 7.58. The molecule has 0 bridgehead atoms. The van der Waals surface area contributed by atoms with Gasteiger partial charge in [-0.05, 0) is 115 Å². The highest BCUT2D eigenvalue weighted by Crippen LogP contribution is 2.77. The van der Waals surface area contributed by atoms with Crippen molar-refractivity contribution in [2.45, 2.75) is 171 Å². The van der Waals surface area contributed by atoms with Crippen LogP contribution in [-0.2, 0) is 4.43 Å². The highest BCUT2D eigenvalue weighted by atomic mass is 31.2. The molecule has 228 valence electrons. The van der Waals surface area contributed by atoms with Crippen LogP contribution in [0.2, 0.25) is 19.1 Å². The smallest absolute Gasteiger partial charge is 0.186 e. The van der Waals surface area contributed by atoms with Crippen LogP contribution in [0, 0.1) is 0 Å². The summed E-state index contributed by atoms with van der Waals surface area (Å²) >= 11 is 0. The van der Waals surface area contributed by atoms with Crippen molar-refractivity contribution in [3.8, 4) is 11.5 Å². The number of phenolic OH excluding ortho intramolecular Hbond substituents is 1. The Balaban J connectivity index is 1.48. The molecule has 3 fully saturated rings. The molecule has 0 aromatic heterocycles. The van der Waals surface area contributed by atoms with E-state index in [1.165, 1.54) is 140 Å². The molecule has 4 rings (SSSR count). The van der Waals surface area contributed by atoms with E-state index in [-0.39, 0.29) is 0 Å². The zero-order valence-corrected chi connectivity index (χ0v) is 28.3. The Bertz CT molecular complexity index is 811. The molecule has 0 unspecified atom stereocenters. The normalized spacial score (nSPS) is 20.6. The fourth-order valence-corrected chi connectivity index (χ4v) is 17.4. The van der Waals surface area contributed by atoms with Crippen molar-refractivity contribution in [2.75, 3.05) is 13.7 Å². The Labute approximate surface area is 249 Å². The molecule has 1 N–H and O–H groups in total. The molecule has 3 aliphatic carbocycles. The summed E-state index contributed by atoms with van der Waals surface area (Å²) in [6.45, 7) is 5.48. The van der Waals surface area contributed by atoms with Crippen molar-refractivity contribution >= 4 is 20.9 Å². The number of aromatic hydroxyl groups is 1. The van der Waals surface area contributed by atoms with Gasteiger partial charge in [-0.25, -0.2) is 0 Å². The first kappa shape index (κ1) is 32.3. The Morgan fingerprint density at radius 1 is 0.700 bits per heavy atom. The van der Waals surface area contributed by atoms with Crippen molar-refractivity contribution in [3.05, 3.63) is 18.2 Å². The third-order valence-corrected chi connectivity index (χ3v) is 19.9. The van der Waals surface area contributed by atoms with Gasteiger partial charge in [-0.3, -0.25) is 0 Å². The predicted octanol–water partition coefficient (Wildman–Crippen LogP) is 10.6. The molecule has 3 saturated carbocycles. The number of phenols is 1. The maximum absolute atomic E-state index is 10.9. The van der Waals surface area contributed by atoms with Gasteiger partial charge in [0.25, 0.3) is 0 Å². The van der Waals surface area contributed by atoms with E-state index in [4.69, 9.17) is 9.16 Å². The Kier molecular flexibility index (Phi) is 13.2. The molecule has 1 aromatic rings. The van der Waals surface area contributed by atoms with E-state index >= 15 is 0 Å². The summed E-state index contributed by atoms with van der Waals surface area (Å²) in [5.74, 6) is 1.62. The summed E-state index contributed by atoms with van der Waals surface area (Å²) in [7, 11) is -1.03. The van der Waals surface area contributed by atoms with Crippen molar-refractivity contribution in [3.63, 3.8) is 0 Å². The minimum Gasteiger partial charge on any atom is -0.508 e. The van der Waals surface area contributed by atoms with Crippen molar-refractivity contribution in [1.82, 2.24) is 0 Å². The summed E-state index contributed by atoms with van der Waals surface area (Å²) < 4.78 is 12.5. The highest BCUT2D eigenvalue weighted by molar-refractivity contribution is 7.85. The highest BCUT2D eigenvalue weighted by Gasteiger charge is 2.60. The van der Waals surface area contributed by atoms with Gasteiger partial charge in [0.15, 0.2) is 14.1 Å². The molecule has 0 radical (unpaired) electrons. The summed E-state index contributed by atoms with van der Waals surface area (Å²) in [6.07, 6.45) is 28.9. The quantitative estimate of drug-likeness (QED) is 0.126. The lowest BCUT2D eigenvalue weighted by atomic mass is 9.99. The lowest BCUT2D eigenvalue weighted by Crippen LogP contribution is -2.42. The third kappa shape index (κ3) is 8.50. The van der Waals surface area contributed by atoms with Gasteiger partial charge < -0.3 is 14.3 Å². The van der Waals surface area contributed by atoms with Crippen molar-refractivity contribution < 1.29 is 14.3 Å². The lowest BCUT2D eigenvalue weighted by molar-refractivity contribution is 0.306. The van der Waals surface area contributed by atoms with E-state index in [0.29, 0.717) is 5.75 Å². The van der Waals surface area contributed by atoms with Gasteiger partial charge >= 0.3 is 0 Å². The molecule has 0 spiro atoms. The molecule has 3 nitrogen and oxygen atoms in total. The summed E-state index contributed by atoms with van der Waals surface area (Å²) in [5.41, 5.74) is 2.55. The van der Waals surface area contributed by atoms with Crippen LogP contribution in [0.1, 0.15) is 135 Å². The van der Waals surface area contributed by atoms with Gasteiger partial charge in [-0.1, -0.05) is 51.4 Å². The van der Waals surface area contributed by atoms with Gasteiger partial charge in [-0.15, -0.1) is 0 Å². The predicted molar refractivity (Wildman–Crippen MR) is 178 cm³/mol. The monoisotopic (exact) mass is 589 g/mol. The van der Waals surface area contributed by atoms with Crippen LogP contribution in [0.4, 0.5) is 0 Å². The second-order valence-corrected chi connectivity index (χ2v) is 22.8. The number of rotatable bonds is 15. The molecule has 0 atom stereocenters. The van der Waals surface area contributed by atoms with E-state index in [9.17, 15) is 5.11 Å². The van der Waals surface area contributed by atoms with Gasteiger partial charge in [0.1, 0.15) is 11.1 Å². The maximum atomic E-state index is 10.9. The molecule has 5 heteroatoms. The van der Waals surface area contributed by atoms with Crippen LogP contribution < -0.4 is 10.0 Å². The minimum atomic E-state index is -1.52. The first-order valence-electron chi connectivity index (χ1n) is 17.4. The molecule has 0 aliphatic heterocycles. The van der Waals surface area contributed by atoms with Crippen LogP contribution in [0.5, 0.6) is 11.5 Å². The number of unbranched alkanes of at least 4 members (excludes halogenated alkanes) is 5. The molecular weight excluding hydrogens is 527 g/mol. The van der Waals surface area contributed by atoms with Crippen LogP contribution in [0.15, 0.2) is 18.2 Å². The Morgan fingerprint density at radius 2 is 1.18 bits per heavy atom. The zero-order valence-electron chi connectivity index (χ0n) is 26.4. The lowest BCUT2D eigenvalue weighted by Gasteiger charge is -2.49. The van der Waals surface area contributed by atoms with Crippen molar-refractivity contribution in [1.29, 1.82) is 0 Å². The zero-order chi connectivity index (χ0) is 28.3. The largest absolute Gasteiger partial charge is 0.508 e. The molecule has 40 heavy (non-hydrogen) atoms. The van der Waals surface area contributed by atoms with E-state index in [1.54, 1.807) is 0 Å². The van der Waals surface area contributed by atoms with Gasteiger partial charge in [0.2, 0.25) is 0 Å². The van der Waals surface area contributed by atoms with E-state index < -0.39 is 15.6 Å². The molecule has 3 aliphatic rings. The van der Waals surface area contributed by atoms with Crippen LogP contribution in [-0.4, -0.2) is 44.1 Å². The second kappa shape index (κ2) is 16.3. The van der Waals surface area contributed by atoms with Gasteiger partial charge in [-0.2, -0.15) is 0 Å². The first-order chi connectivity index (χ1) is 19.5. The Hall–Kier alpha value is -0.573. The molecule has 0 amide bonds. The number of hydrogen-bond donors (Lipinski definition) is 1. The van der Waals surface area contributed by atoms with E-state index in [1.807, 2.05) is 13.2 Å². The third-order valence-electron chi connectivity index (χ3n) is 10.9. The topological polar surface area (TPSA) is 38.7 Å². The van der Waals surface area contributed by atoms with Crippen LogP contribution >= 0.6 is 7.26 Å². The standard InChI is InChI=1S/C35H61O3PSi/c1-37-40(2,3)28-18-7-5-4-6-17-27-38-34-26-25-30(36)29-35(34)39(31-19-11-8-12-20-31,32-21-13-9-14-22-32)33-23-15-10-16-24-33/h25-26,29,31-33H,4-24,27-28H2,1-3H3/p+1. The molecule has 0 heterocycles. The van der Waals surface area contributed by atoms with Gasteiger partial charge in [0, 0.05) is 13.2 Å². The van der Waals surface area contributed by atoms with Crippen molar-refractivity contribution in [2.24, 2.45) is 0 Å². The van der Waals surface area contributed by atoms with Gasteiger partial charge in [0.05, 0.1) is 30.8 Å². The number of benzene rings is 1. The fraction of sp³-hybridized carbons (Fsp3) is 0.829. The fourth-order valence-electron chi connectivity index (χ4n) is 8.58. The van der Waals surface area contributed by atoms with Crippen LogP contribution in [0.3, 0.4) is 0 Å². The average molecular weight is 590 g/mol. The average Bonchev–Trinajstić information content (AvgIpc) is 2.99. The first-order valence-corrected chi connectivity index (χ1v) is 22.5. The minimum absolute atomic E-state index is 0.467.